The minimum absolute atomic E-state index is 0.114. The van der Waals surface area contributed by atoms with Crippen LogP contribution in [0.15, 0.2) is 48.5 Å². The van der Waals surface area contributed by atoms with E-state index in [9.17, 15) is 9.59 Å². The summed E-state index contributed by atoms with van der Waals surface area (Å²) >= 11 is 0. The number of rotatable bonds is 9. The number of hydrogen-bond donors (Lipinski definition) is 2. The second kappa shape index (κ2) is 10.2. The first-order valence-corrected chi connectivity index (χ1v) is 9.03. The van der Waals surface area contributed by atoms with Crippen LogP contribution in [0.2, 0.25) is 0 Å². The Balaban J connectivity index is 1.97. The molecule has 0 aliphatic carbocycles. The Labute approximate surface area is 165 Å². The van der Waals surface area contributed by atoms with Crippen molar-refractivity contribution in [3.63, 3.8) is 0 Å². The summed E-state index contributed by atoms with van der Waals surface area (Å²) in [5.74, 6) is 0.343. The Morgan fingerprint density at radius 1 is 1.11 bits per heavy atom. The highest BCUT2D eigenvalue weighted by Gasteiger charge is 2.15. The average Bonchev–Trinajstić information content (AvgIpc) is 2.75. The number of methoxy groups -OCH3 is 1. The number of anilines is 1. The molecule has 0 aromatic heterocycles. The highest BCUT2D eigenvalue weighted by atomic mass is 16.5. The second-order valence-electron chi connectivity index (χ2n) is 6.33. The third kappa shape index (κ3) is 5.64. The quantitative estimate of drug-likeness (QED) is 0.691. The van der Waals surface area contributed by atoms with Crippen molar-refractivity contribution in [2.75, 3.05) is 39.3 Å². The Morgan fingerprint density at radius 3 is 2.46 bits per heavy atom. The Hall–Kier alpha value is -3.22. The van der Waals surface area contributed by atoms with Crippen LogP contribution in [0, 0.1) is 0 Å². The molecule has 150 valence electrons. The number of likely N-dealkylation sites (N-methyl/N-ethyl adjacent to an activating group) is 2. The van der Waals surface area contributed by atoms with Gasteiger partial charge in [0.05, 0.1) is 7.11 Å². The topological polar surface area (TPSA) is 79.9 Å². The number of nitrogens with one attached hydrogen (secondary N) is 2. The van der Waals surface area contributed by atoms with Crippen molar-refractivity contribution in [1.82, 2.24) is 10.6 Å². The van der Waals surface area contributed by atoms with E-state index in [0.717, 1.165) is 5.69 Å². The van der Waals surface area contributed by atoms with E-state index in [1.54, 1.807) is 18.2 Å². The van der Waals surface area contributed by atoms with Crippen molar-refractivity contribution in [2.24, 2.45) is 0 Å². The first-order chi connectivity index (χ1) is 13.5. The predicted octanol–water partition coefficient (Wildman–Crippen LogP) is 2.07. The van der Waals surface area contributed by atoms with Crippen LogP contribution in [-0.2, 0) is 4.79 Å². The summed E-state index contributed by atoms with van der Waals surface area (Å²) < 4.78 is 10.7. The van der Waals surface area contributed by atoms with Crippen molar-refractivity contribution in [1.29, 1.82) is 0 Å². The van der Waals surface area contributed by atoms with E-state index in [-0.39, 0.29) is 24.5 Å². The molecule has 28 heavy (non-hydrogen) atoms. The van der Waals surface area contributed by atoms with Gasteiger partial charge < -0.3 is 25.0 Å². The molecule has 2 amide bonds. The summed E-state index contributed by atoms with van der Waals surface area (Å²) in [6.45, 7) is 2.41. The van der Waals surface area contributed by atoms with E-state index in [1.807, 2.05) is 44.3 Å². The minimum Gasteiger partial charge on any atom is -0.493 e. The van der Waals surface area contributed by atoms with Gasteiger partial charge in [-0.2, -0.15) is 0 Å². The van der Waals surface area contributed by atoms with Gasteiger partial charge in [0.2, 0.25) is 0 Å². The SMILES string of the molecule is CNC(=O)COc1ccc(C(=O)NCC(C)N(C)c2ccccc2)cc1OC. The van der Waals surface area contributed by atoms with Gasteiger partial charge in [-0.1, -0.05) is 18.2 Å². The lowest BCUT2D eigenvalue weighted by atomic mass is 10.1. The number of nitrogens with zero attached hydrogens (tertiary/aromatic N) is 1. The molecule has 1 atom stereocenters. The van der Waals surface area contributed by atoms with Gasteiger partial charge in [0.1, 0.15) is 0 Å². The van der Waals surface area contributed by atoms with Crippen molar-refractivity contribution in [3.05, 3.63) is 54.1 Å². The maximum atomic E-state index is 12.5. The maximum Gasteiger partial charge on any atom is 0.257 e. The first kappa shape index (κ1) is 21.1. The average molecular weight is 385 g/mol. The molecule has 7 heteroatoms. The number of ether oxygens (including phenoxy) is 2. The molecule has 7 nitrogen and oxygen atoms in total. The number of amides is 2. The Morgan fingerprint density at radius 2 is 1.82 bits per heavy atom. The lowest BCUT2D eigenvalue weighted by molar-refractivity contribution is -0.122. The van der Waals surface area contributed by atoms with Gasteiger partial charge in [0, 0.05) is 37.9 Å². The van der Waals surface area contributed by atoms with E-state index >= 15 is 0 Å². The molecule has 1 unspecified atom stereocenters. The van der Waals surface area contributed by atoms with Gasteiger partial charge in [-0.05, 0) is 37.3 Å². The van der Waals surface area contributed by atoms with Crippen molar-refractivity contribution in [2.45, 2.75) is 13.0 Å². The van der Waals surface area contributed by atoms with Crippen LogP contribution in [0.4, 0.5) is 5.69 Å². The van der Waals surface area contributed by atoms with Gasteiger partial charge in [0.15, 0.2) is 18.1 Å². The smallest absolute Gasteiger partial charge is 0.257 e. The second-order valence-corrected chi connectivity index (χ2v) is 6.33. The number of carbonyl (C=O) groups excluding carboxylic acids is 2. The molecule has 0 saturated carbocycles. The molecule has 2 aromatic rings. The molecular weight excluding hydrogens is 358 g/mol. The fourth-order valence-corrected chi connectivity index (χ4v) is 2.54. The van der Waals surface area contributed by atoms with Crippen molar-refractivity contribution >= 4 is 17.5 Å². The molecule has 0 fully saturated rings. The number of para-hydroxylation sites is 1. The zero-order chi connectivity index (χ0) is 20.5. The maximum absolute atomic E-state index is 12.5. The number of benzene rings is 2. The van der Waals surface area contributed by atoms with Gasteiger partial charge >= 0.3 is 0 Å². The molecular formula is C21H27N3O4. The predicted molar refractivity (Wildman–Crippen MR) is 109 cm³/mol. The number of carbonyl (C=O) groups is 2. The Bertz CT molecular complexity index is 795. The van der Waals surface area contributed by atoms with Crippen LogP contribution in [0.3, 0.4) is 0 Å². The van der Waals surface area contributed by atoms with Crippen molar-refractivity contribution in [3.8, 4) is 11.5 Å². The van der Waals surface area contributed by atoms with Crippen LogP contribution >= 0.6 is 0 Å². The molecule has 2 rings (SSSR count). The summed E-state index contributed by atoms with van der Waals surface area (Å²) in [5, 5.41) is 5.42. The van der Waals surface area contributed by atoms with E-state index in [2.05, 4.69) is 15.5 Å². The van der Waals surface area contributed by atoms with Gasteiger partial charge in [0.25, 0.3) is 11.8 Å². The molecule has 0 bridgehead atoms. The summed E-state index contributed by atoms with van der Waals surface area (Å²) in [6.07, 6.45) is 0. The fourth-order valence-electron chi connectivity index (χ4n) is 2.54. The van der Waals surface area contributed by atoms with Gasteiger partial charge in [-0.25, -0.2) is 0 Å². The van der Waals surface area contributed by atoms with Crippen LogP contribution in [-0.4, -0.2) is 52.2 Å². The summed E-state index contributed by atoms with van der Waals surface area (Å²) in [6, 6.07) is 15.0. The van der Waals surface area contributed by atoms with Gasteiger partial charge in [-0.3, -0.25) is 9.59 Å². The van der Waals surface area contributed by atoms with Crippen molar-refractivity contribution < 1.29 is 19.1 Å². The van der Waals surface area contributed by atoms with E-state index < -0.39 is 0 Å². The van der Waals surface area contributed by atoms with Crippen LogP contribution in [0.1, 0.15) is 17.3 Å². The lowest BCUT2D eigenvalue weighted by Crippen LogP contribution is -2.40. The standard InChI is InChI=1S/C21H27N3O4/c1-15(24(3)17-8-6-5-7-9-17)13-23-21(26)16-10-11-18(19(12-16)27-4)28-14-20(25)22-2/h5-12,15H,13-14H2,1-4H3,(H,22,25)(H,23,26). The third-order valence-corrected chi connectivity index (χ3v) is 4.45. The van der Waals surface area contributed by atoms with Gasteiger partial charge in [-0.15, -0.1) is 0 Å². The summed E-state index contributed by atoms with van der Waals surface area (Å²) in [7, 11) is 5.01. The highest BCUT2D eigenvalue weighted by Crippen LogP contribution is 2.28. The molecule has 0 saturated heterocycles. The molecule has 2 aromatic carbocycles. The molecule has 0 spiro atoms. The van der Waals surface area contributed by atoms with Crippen LogP contribution in [0.5, 0.6) is 11.5 Å². The molecule has 0 aliphatic heterocycles. The monoisotopic (exact) mass is 385 g/mol. The van der Waals surface area contributed by atoms with E-state index in [4.69, 9.17) is 9.47 Å². The molecule has 2 N–H and O–H groups in total. The van der Waals surface area contributed by atoms with E-state index in [1.165, 1.54) is 14.2 Å². The summed E-state index contributed by atoms with van der Waals surface area (Å²) in [5.41, 5.74) is 1.54. The zero-order valence-electron chi connectivity index (χ0n) is 16.7. The Kier molecular flexibility index (Phi) is 7.68. The summed E-state index contributed by atoms with van der Waals surface area (Å²) in [4.78, 5) is 25.9. The fraction of sp³-hybridized carbons (Fsp3) is 0.333. The lowest BCUT2D eigenvalue weighted by Gasteiger charge is -2.27. The highest BCUT2D eigenvalue weighted by molar-refractivity contribution is 5.95. The largest absolute Gasteiger partial charge is 0.493 e. The molecule has 0 heterocycles. The zero-order valence-corrected chi connectivity index (χ0v) is 16.7. The first-order valence-electron chi connectivity index (χ1n) is 9.03. The minimum atomic E-state index is -0.250. The van der Waals surface area contributed by atoms with Crippen LogP contribution < -0.4 is 25.0 Å². The molecule has 0 radical (unpaired) electrons. The third-order valence-electron chi connectivity index (χ3n) is 4.45. The van der Waals surface area contributed by atoms with E-state index in [0.29, 0.717) is 23.6 Å². The number of hydrogen-bond acceptors (Lipinski definition) is 5. The normalized spacial score (nSPS) is 11.3. The molecule has 0 aliphatic rings. The van der Waals surface area contributed by atoms with Crippen LogP contribution in [0.25, 0.3) is 0 Å².